The van der Waals surface area contributed by atoms with Crippen molar-refractivity contribution in [1.29, 1.82) is 0 Å². The van der Waals surface area contributed by atoms with E-state index in [4.69, 9.17) is 11.6 Å². The summed E-state index contributed by atoms with van der Waals surface area (Å²) in [6.07, 6.45) is 10.3. The van der Waals surface area contributed by atoms with Crippen LogP contribution in [0.1, 0.15) is 13.8 Å². The van der Waals surface area contributed by atoms with E-state index in [2.05, 4.69) is 21.6 Å². The van der Waals surface area contributed by atoms with Crippen molar-refractivity contribution in [3.8, 4) is 0 Å². The standard InChI is InChI=1S/C13H14ClN3/c1-4-11-12(5-6-13(14)17-11)16-9-15-8-7-10(2)3/h4-9H,2H2,1,3H3/b8-7-,11-4+,15-9-,16-12-. The first kappa shape index (κ1) is 13.3. The Hall–Kier alpha value is -1.74. The van der Waals surface area contributed by atoms with Crippen LogP contribution in [0.25, 0.3) is 0 Å². The fourth-order valence-corrected chi connectivity index (χ4v) is 1.22. The SMILES string of the molecule is C=C(C)\C=C/N=C\N=C1\C=CC(Cl)=N\C1=C\C. The van der Waals surface area contributed by atoms with Crippen LogP contribution in [0.4, 0.5) is 0 Å². The molecule has 1 aliphatic rings. The summed E-state index contributed by atoms with van der Waals surface area (Å²) < 4.78 is 0. The van der Waals surface area contributed by atoms with Crippen LogP contribution in [0.15, 0.2) is 63.3 Å². The summed E-state index contributed by atoms with van der Waals surface area (Å²) in [7, 11) is 0. The first-order chi connectivity index (χ1) is 8.13. The van der Waals surface area contributed by atoms with Gasteiger partial charge in [-0.15, -0.1) is 0 Å². The maximum absolute atomic E-state index is 5.79. The van der Waals surface area contributed by atoms with E-state index in [1.54, 1.807) is 24.4 Å². The highest BCUT2D eigenvalue weighted by molar-refractivity contribution is 6.69. The van der Waals surface area contributed by atoms with Gasteiger partial charge in [-0.25, -0.2) is 15.0 Å². The van der Waals surface area contributed by atoms with E-state index < -0.39 is 0 Å². The van der Waals surface area contributed by atoms with Crippen LogP contribution in [-0.4, -0.2) is 17.2 Å². The zero-order valence-corrected chi connectivity index (χ0v) is 10.6. The Morgan fingerprint density at radius 2 is 2.24 bits per heavy atom. The molecule has 1 rings (SSSR count). The van der Waals surface area contributed by atoms with Crippen LogP contribution < -0.4 is 0 Å². The van der Waals surface area contributed by atoms with Crippen LogP contribution in [0.2, 0.25) is 0 Å². The van der Waals surface area contributed by atoms with E-state index in [1.807, 2.05) is 19.9 Å². The fraction of sp³-hybridized carbons (Fsp3) is 0.154. The van der Waals surface area contributed by atoms with Gasteiger partial charge in [-0.2, -0.15) is 0 Å². The second kappa shape index (κ2) is 6.76. The van der Waals surface area contributed by atoms with E-state index in [0.29, 0.717) is 5.17 Å². The van der Waals surface area contributed by atoms with E-state index >= 15 is 0 Å². The summed E-state index contributed by atoms with van der Waals surface area (Å²) in [5.41, 5.74) is 2.43. The molecule has 3 nitrogen and oxygen atoms in total. The Bertz CT molecular complexity index is 477. The Morgan fingerprint density at radius 1 is 1.47 bits per heavy atom. The molecule has 88 valence electrons. The van der Waals surface area contributed by atoms with Crippen LogP contribution in [0, 0.1) is 0 Å². The van der Waals surface area contributed by atoms with Crippen molar-refractivity contribution < 1.29 is 0 Å². The maximum atomic E-state index is 5.79. The molecule has 0 unspecified atom stereocenters. The van der Waals surface area contributed by atoms with Crippen molar-refractivity contribution >= 4 is 28.8 Å². The minimum Gasteiger partial charge on any atom is -0.245 e. The number of rotatable bonds is 3. The quantitative estimate of drug-likeness (QED) is 0.415. The van der Waals surface area contributed by atoms with Crippen molar-refractivity contribution in [2.24, 2.45) is 15.0 Å². The van der Waals surface area contributed by atoms with Gasteiger partial charge in [-0.3, -0.25) is 0 Å². The van der Waals surface area contributed by atoms with Gasteiger partial charge in [0.15, 0.2) is 0 Å². The van der Waals surface area contributed by atoms with E-state index in [9.17, 15) is 0 Å². The molecule has 0 N–H and O–H groups in total. The summed E-state index contributed by atoms with van der Waals surface area (Å²) in [5.74, 6) is 0. The van der Waals surface area contributed by atoms with Crippen LogP contribution in [-0.2, 0) is 0 Å². The number of dihydropyridines is 1. The molecule has 0 aromatic heterocycles. The first-order valence-electron chi connectivity index (χ1n) is 5.14. The van der Waals surface area contributed by atoms with Crippen molar-refractivity contribution in [3.05, 3.63) is 48.4 Å². The summed E-state index contributed by atoms with van der Waals surface area (Å²) in [6.45, 7) is 7.51. The van der Waals surface area contributed by atoms with Gasteiger partial charge in [0, 0.05) is 6.20 Å². The molecule has 0 aromatic rings. The van der Waals surface area contributed by atoms with Crippen LogP contribution >= 0.6 is 11.6 Å². The molecular weight excluding hydrogens is 234 g/mol. The molecule has 0 bridgehead atoms. The van der Waals surface area contributed by atoms with E-state index in [0.717, 1.165) is 17.0 Å². The van der Waals surface area contributed by atoms with Crippen molar-refractivity contribution in [2.45, 2.75) is 13.8 Å². The molecule has 0 fully saturated rings. The van der Waals surface area contributed by atoms with E-state index in [1.165, 1.54) is 6.34 Å². The second-order valence-corrected chi connectivity index (χ2v) is 3.77. The molecule has 0 aliphatic carbocycles. The molecule has 0 saturated heterocycles. The highest BCUT2D eigenvalue weighted by Gasteiger charge is 2.06. The molecule has 0 amide bonds. The highest BCUT2D eigenvalue weighted by Crippen LogP contribution is 2.10. The number of aliphatic imine (C=N–C) groups is 3. The van der Waals surface area contributed by atoms with Gasteiger partial charge in [0.25, 0.3) is 0 Å². The normalized spacial score (nSPS) is 20.8. The Labute approximate surface area is 106 Å². The summed E-state index contributed by atoms with van der Waals surface area (Å²) in [6, 6.07) is 0. The minimum atomic E-state index is 0.455. The number of hydrogen-bond donors (Lipinski definition) is 0. The predicted molar refractivity (Wildman–Crippen MR) is 76.1 cm³/mol. The molecule has 0 radical (unpaired) electrons. The lowest BCUT2D eigenvalue weighted by Gasteiger charge is -2.05. The third-order valence-corrected chi connectivity index (χ3v) is 2.06. The Morgan fingerprint density at radius 3 is 2.88 bits per heavy atom. The second-order valence-electron chi connectivity index (χ2n) is 3.38. The zero-order chi connectivity index (χ0) is 12.7. The molecule has 0 atom stereocenters. The highest BCUT2D eigenvalue weighted by atomic mass is 35.5. The molecule has 0 aromatic carbocycles. The molecule has 4 heteroatoms. The van der Waals surface area contributed by atoms with Crippen LogP contribution in [0.3, 0.4) is 0 Å². The molecule has 17 heavy (non-hydrogen) atoms. The smallest absolute Gasteiger partial charge is 0.129 e. The number of halogens is 1. The first-order valence-corrected chi connectivity index (χ1v) is 5.51. The lowest BCUT2D eigenvalue weighted by Crippen LogP contribution is -2.04. The zero-order valence-electron chi connectivity index (χ0n) is 9.89. The predicted octanol–water partition coefficient (Wildman–Crippen LogP) is 3.66. The Kier molecular flexibility index (Phi) is 5.30. The summed E-state index contributed by atoms with van der Waals surface area (Å²) in [4.78, 5) is 12.3. The van der Waals surface area contributed by atoms with Gasteiger partial charge in [0.1, 0.15) is 11.5 Å². The topological polar surface area (TPSA) is 37.1 Å². The number of nitrogens with zero attached hydrogens (tertiary/aromatic N) is 3. The van der Waals surface area contributed by atoms with Gasteiger partial charge in [-0.1, -0.05) is 29.8 Å². The summed E-state index contributed by atoms with van der Waals surface area (Å²) in [5, 5.41) is 0.455. The van der Waals surface area contributed by atoms with Crippen molar-refractivity contribution in [1.82, 2.24) is 0 Å². The van der Waals surface area contributed by atoms with Gasteiger partial charge in [-0.05, 0) is 32.1 Å². The Balaban J connectivity index is 2.74. The maximum Gasteiger partial charge on any atom is 0.129 e. The molecular formula is C13H14ClN3. The van der Waals surface area contributed by atoms with Gasteiger partial charge in [0.2, 0.25) is 0 Å². The van der Waals surface area contributed by atoms with Gasteiger partial charge < -0.3 is 0 Å². The lowest BCUT2D eigenvalue weighted by molar-refractivity contribution is 1.41. The summed E-state index contributed by atoms with van der Waals surface area (Å²) >= 11 is 5.79. The van der Waals surface area contributed by atoms with Crippen LogP contribution in [0.5, 0.6) is 0 Å². The van der Waals surface area contributed by atoms with Crippen molar-refractivity contribution in [2.75, 3.05) is 0 Å². The fourth-order valence-electron chi connectivity index (χ4n) is 1.07. The number of hydrogen-bond acceptors (Lipinski definition) is 2. The van der Waals surface area contributed by atoms with Gasteiger partial charge >= 0.3 is 0 Å². The number of allylic oxidation sites excluding steroid dienone is 5. The average Bonchev–Trinajstić information content (AvgIpc) is 2.29. The molecule has 0 spiro atoms. The average molecular weight is 248 g/mol. The third kappa shape index (κ3) is 4.74. The molecule has 0 saturated carbocycles. The largest absolute Gasteiger partial charge is 0.245 e. The molecule has 1 heterocycles. The van der Waals surface area contributed by atoms with E-state index in [-0.39, 0.29) is 0 Å². The lowest BCUT2D eigenvalue weighted by atomic mass is 10.2. The van der Waals surface area contributed by atoms with Gasteiger partial charge in [0.05, 0.1) is 11.4 Å². The molecule has 1 aliphatic heterocycles. The van der Waals surface area contributed by atoms with Crippen molar-refractivity contribution in [3.63, 3.8) is 0 Å². The third-order valence-electron chi connectivity index (χ3n) is 1.85. The monoisotopic (exact) mass is 247 g/mol. The minimum absolute atomic E-state index is 0.455.